The minimum absolute atomic E-state index is 0.0195. The Kier molecular flexibility index (Phi) is 7.31. The van der Waals surface area contributed by atoms with Crippen molar-refractivity contribution in [1.82, 2.24) is 18.8 Å². The second-order valence-electron chi connectivity index (χ2n) is 10.5. The Balaban J connectivity index is 1.36. The quantitative estimate of drug-likeness (QED) is 0.476. The average molecular weight is 562 g/mol. The Morgan fingerprint density at radius 1 is 1.08 bits per heavy atom. The summed E-state index contributed by atoms with van der Waals surface area (Å²) >= 11 is 1.19. The number of aryl methyl sites for hydroxylation is 1. The van der Waals surface area contributed by atoms with Crippen molar-refractivity contribution in [2.24, 2.45) is 11.8 Å². The molecule has 0 bridgehead atoms. The fourth-order valence-electron chi connectivity index (χ4n) is 5.58. The number of carbonyl (C=O) groups is 1. The predicted octanol–water partition coefficient (Wildman–Crippen LogP) is 2.92. The van der Waals surface area contributed by atoms with Gasteiger partial charge in [-0.3, -0.25) is 14.2 Å². The molecule has 2 aliphatic rings. The monoisotopic (exact) mass is 561 g/mol. The summed E-state index contributed by atoms with van der Waals surface area (Å²) in [6.45, 7) is 8.49. The molecule has 0 saturated carbocycles. The fraction of sp³-hybridized carbons (Fsp3) is 0.500. The minimum Gasteiger partial charge on any atom is -0.368 e. The van der Waals surface area contributed by atoms with Crippen LogP contribution in [-0.2, 0) is 21.4 Å². The molecule has 204 valence electrons. The topological polar surface area (TPSA) is 95.8 Å². The number of nitrogens with zero attached hydrogens (tertiary/aromatic N) is 5. The maximum Gasteiger partial charge on any atom is 0.263 e. The molecule has 0 N–H and O–H groups in total. The first kappa shape index (κ1) is 26.8. The summed E-state index contributed by atoms with van der Waals surface area (Å²) in [5.74, 6) is -0.0678. The first-order valence-electron chi connectivity index (χ1n) is 12.8. The second-order valence-corrected chi connectivity index (χ2v) is 13.5. The van der Waals surface area contributed by atoms with Gasteiger partial charge in [0.25, 0.3) is 5.56 Å². The second kappa shape index (κ2) is 10.4. The number of amides is 1. The number of hydrogen-bond acceptors (Lipinski definition) is 7. The molecule has 12 heteroatoms. The third kappa shape index (κ3) is 5.08. The van der Waals surface area contributed by atoms with Crippen LogP contribution in [-0.4, -0.2) is 72.3 Å². The van der Waals surface area contributed by atoms with Crippen molar-refractivity contribution in [2.45, 2.75) is 38.6 Å². The highest BCUT2D eigenvalue weighted by atomic mass is 32.2. The lowest BCUT2D eigenvalue weighted by atomic mass is 9.94. The van der Waals surface area contributed by atoms with Crippen molar-refractivity contribution in [3.63, 3.8) is 0 Å². The fourth-order valence-corrected chi connectivity index (χ4v) is 8.93. The number of piperazine rings is 1. The van der Waals surface area contributed by atoms with Crippen molar-refractivity contribution >= 4 is 43.2 Å². The summed E-state index contributed by atoms with van der Waals surface area (Å²) in [6, 6.07) is 6.25. The lowest BCUT2D eigenvalue weighted by molar-refractivity contribution is -0.132. The van der Waals surface area contributed by atoms with Gasteiger partial charge in [0.1, 0.15) is 22.1 Å². The Labute approximate surface area is 225 Å². The number of thiophene rings is 1. The molecular weight excluding hydrogens is 529 g/mol. The van der Waals surface area contributed by atoms with Gasteiger partial charge in [-0.2, -0.15) is 4.31 Å². The van der Waals surface area contributed by atoms with E-state index < -0.39 is 15.6 Å². The van der Waals surface area contributed by atoms with Crippen LogP contribution >= 0.6 is 11.3 Å². The van der Waals surface area contributed by atoms with E-state index in [1.165, 1.54) is 38.7 Å². The number of carbonyl (C=O) groups excluding carboxylic acids is 1. The van der Waals surface area contributed by atoms with Gasteiger partial charge in [0.2, 0.25) is 15.9 Å². The largest absolute Gasteiger partial charge is 0.368 e. The SMILES string of the molecule is Cc1sc2ncn(CC(=O)N3CCN(c4ccc(F)cc4)CC3)c(=O)c2c1S(=O)(=O)N1CC(C)CC(C)C1. The van der Waals surface area contributed by atoms with Crippen molar-refractivity contribution in [3.8, 4) is 0 Å². The van der Waals surface area contributed by atoms with Crippen LogP contribution in [0, 0.1) is 24.6 Å². The number of benzene rings is 1. The maximum absolute atomic E-state index is 13.7. The van der Waals surface area contributed by atoms with Crippen LogP contribution < -0.4 is 10.5 Å². The van der Waals surface area contributed by atoms with E-state index in [1.54, 1.807) is 24.0 Å². The molecule has 2 atom stereocenters. The number of rotatable bonds is 5. The summed E-state index contributed by atoms with van der Waals surface area (Å²) in [6.07, 6.45) is 2.29. The molecule has 4 heterocycles. The highest BCUT2D eigenvalue weighted by molar-refractivity contribution is 7.89. The lowest BCUT2D eigenvalue weighted by Gasteiger charge is -2.36. The molecule has 0 aliphatic carbocycles. The smallest absolute Gasteiger partial charge is 0.263 e. The normalized spacial score (nSPS) is 21.3. The number of sulfonamides is 1. The maximum atomic E-state index is 13.7. The molecule has 0 radical (unpaired) electrons. The molecule has 0 spiro atoms. The van der Waals surface area contributed by atoms with Crippen molar-refractivity contribution in [1.29, 1.82) is 0 Å². The standard InChI is InChI=1S/C26H32FN5O4S2/c1-17-12-18(2)14-32(13-17)38(35,36)24-19(3)37-25-23(24)26(34)31(16-28-25)15-22(33)30-10-8-29(9-11-30)21-6-4-20(27)5-7-21/h4-7,16-18H,8-15H2,1-3H3. The molecule has 3 aromatic rings. The van der Waals surface area contributed by atoms with E-state index in [0.717, 1.165) is 12.1 Å². The van der Waals surface area contributed by atoms with Gasteiger partial charge in [-0.05, 0) is 49.4 Å². The summed E-state index contributed by atoms with van der Waals surface area (Å²) in [7, 11) is -3.90. The number of hydrogen-bond donors (Lipinski definition) is 0. The van der Waals surface area contributed by atoms with Crippen LogP contribution in [0.5, 0.6) is 0 Å². The Bertz CT molecular complexity index is 1500. The van der Waals surface area contributed by atoms with Gasteiger partial charge < -0.3 is 9.80 Å². The number of piperidine rings is 1. The van der Waals surface area contributed by atoms with Gasteiger partial charge in [-0.15, -0.1) is 11.3 Å². The van der Waals surface area contributed by atoms with Crippen LogP contribution in [0.15, 0.2) is 40.3 Å². The third-order valence-corrected chi connectivity index (χ3v) is 10.5. The van der Waals surface area contributed by atoms with Gasteiger partial charge in [-0.25, -0.2) is 17.8 Å². The molecule has 2 aromatic heterocycles. The van der Waals surface area contributed by atoms with Crippen LogP contribution in [0.25, 0.3) is 10.2 Å². The van der Waals surface area contributed by atoms with Crippen molar-refractivity contribution in [3.05, 3.63) is 51.6 Å². The van der Waals surface area contributed by atoms with Crippen LogP contribution in [0.4, 0.5) is 10.1 Å². The van der Waals surface area contributed by atoms with E-state index >= 15 is 0 Å². The van der Waals surface area contributed by atoms with Crippen LogP contribution in [0.3, 0.4) is 0 Å². The van der Waals surface area contributed by atoms with E-state index in [4.69, 9.17) is 0 Å². The molecule has 38 heavy (non-hydrogen) atoms. The molecule has 1 aromatic carbocycles. The first-order valence-corrected chi connectivity index (χ1v) is 15.1. The molecule has 1 amide bonds. The van der Waals surface area contributed by atoms with Crippen LogP contribution in [0.2, 0.25) is 0 Å². The summed E-state index contributed by atoms with van der Waals surface area (Å²) in [5.41, 5.74) is 0.373. The average Bonchev–Trinajstić information content (AvgIpc) is 3.23. The lowest BCUT2D eigenvalue weighted by Crippen LogP contribution is -2.50. The van der Waals surface area contributed by atoms with E-state index in [2.05, 4.69) is 9.88 Å². The number of aromatic nitrogens is 2. The van der Waals surface area contributed by atoms with Gasteiger partial charge in [0, 0.05) is 49.8 Å². The molecule has 2 unspecified atom stereocenters. The first-order chi connectivity index (χ1) is 18.0. The van der Waals surface area contributed by atoms with Gasteiger partial charge >= 0.3 is 0 Å². The van der Waals surface area contributed by atoms with Crippen molar-refractivity contribution < 1.29 is 17.6 Å². The molecular formula is C26H32FN5O4S2. The molecule has 9 nitrogen and oxygen atoms in total. The molecule has 2 fully saturated rings. The molecule has 5 rings (SSSR count). The van der Waals surface area contributed by atoms with Crippen LogP contribution in [0.1, 0.15) is 25.1 Å². The highest BCUT2D eigenvalue weighted by Gasteiger charge is 2.36. The summed E-state index contributed by atoms with van der Waals surface area (Å²) in [5, 5.41) is 0.0646. The zero-order chi connectivity index (χ0) is 27.2. The summed E-state index contributed by atoms with van der Waals surface area (Å²) in [4.78, 5) is 35.7. The van der Waals surface area contributed by atoms with Gasteiger partial charge in [0.15, 0.2) is 0 Å². The third-order valence-electron chi connectivity index (χ3n) is 7.36. The van der Waals surface area contributed by atoms with Gasteiger partial charge in [-0.1, -0.05) is 13.8 Å². The Hall–Kier alpha value is -2.83. The molecule has 2 aliphatic heterocycles. The highest BCUT2D eigenvalue weighted by Crippen LogP contribution is 2.35. The predicted molar refractivity (Wildman–Crippen MR) is 146 cm³/mol. The van der Waals surface area contributed by atoms with Crippen molar-refractivity contribution in [2.75, 3.05) is 44.2 Å². The van der Waals surface area contributed by atoms with E-state index in [9.17, 15) is 22.4 Å². The Morgan fingerprint density at radius 3 is 2.34 bits per heavy atom. The van der Waals surface area contributed by atoms with E-state index in [-0.39, 0.29) is 40.4 Å². The van der Waals surface area contributed by atoms with Gasteiger partial charge in [0.05, 0.1) is 11.7 Å². The Morgan fingerprint density at radius 2 is 1.71 bits per heavy atom. The summed E-state index contributed by atoms with van der Waals surface area (Å²) < 4.78 is 43.4. The number of anilines is 1. The number of halogens is 1. The zero-order valence-corrected chi connectivity index (χ0v) is 23.4. The molecule has 2 saturated heterocycles. The zero-order valence-electron chi connectivity index (χ0n) is 21.8. The van der Waals surface area contributed by atoms with E-state index in [1.807, 2.05) is 13.8 Å². The van der Waals surface area contributed by atoms with E-state index in [0.29, 0.717) is 49.0 Å². The minimum atomic E-state index is -3.90. The number of fused-ring (bicyclic) bond motifs is 1.